The number of ether oxygens (including phenoxy) is 1. The number of likely N-dealkylation sites (tertiary alicyclic amines) is 1. The first kappa shape index (κ1) is 18.4. The Morgan fingerprint density at radius 3 is 2.65 bits per heavy atom. The van der Waals surface area contributed by atoms with Crippen LogP contribution in [0.4, 0.5) is 4.39 Å². The second-order valence-corrected chi connectivity index (χ2v) is 6.51. The summed E-state index contributed by atoms with van der Waals surface area (Å²) >= 11 is 0. The summed E-state index contributed by atoms with van der Waals surface area (Å²) in [5.41, 5.74) is 1.78. The van der Waals surface area contributed by atoms with Crippen molar-refractivity contribution in [2.45, 2.75) is 38.3 Å². The number of carbonyl (C=O) groups is 1. The number of aliphatic carboxylic acids is 1. The van der Waals surface area contributed by atoms with Gasteiger partial charge in [0.25, 0.3) is 0 Å². The van der Waals surface area contributed by atoms with Crippen molar-refractivity contribution >= 4 is 5.97 Å². The average Bonchev–Trinajstić information content (AvgIpc) is 2.65. The molecule has 2 atom stereocenters. The van der Waals surface area contributed by atoms with Crippen LogP contribution in [0.15, 0.2) is 48.5 Å². The predicted molar refractivity (Wildman–Crippen MR) is 97.8 cm³/mol. The lowest BCUT2D eigenvalue weighted by Crippen LogP contribution is -2.46. The Morgan fingerprint density at radius 1 is 1.23 bits per heavy atom. The molecule has 0 aromatic heterocycles. The van der Waals surface area contributed by atoms with E-state index in [4.69, 9.17) is 4.74 Å². The molecule has 1 heterocycles. The van der Waals surface area contributed by atoms with E-state index in [0.717, 1.165) is 29.7 Å². The number of hydrogen-bond donors (Lipinski definition) is 1. The minimum absolute atomic E-state index is 0.292. The van der Waals surface area contributed by atoms with E-state index in [1.807, 2.05) is 36.1 Å². The van der Waals surface area contributed by atoms with Gasteiger partial charge in [-0.2, -0.15) is 0 Å². The van der Waals surface area contributed by atoms with Gasteiger partial charge in [-0.05, 0) is 50.1 Å². The standard InChI is InChI=1S/C21H24FNO3/c1-2-26-19-9-4-3-7-17(19)20(15-10-12-16(22)13-11-15)23-14-6-5-8-18(23)21(24)25/h3-4,7,9-13,18,20H,2,5-6,8,14H2,1H3,(H,24,25). The Hall–Kier alpha value is -2.40. The zero-order valence-electron chi connectivity index (χ0n) is 14.9. The molecule has 2 aromatic carbocycles. The van der Waals surface area contributed by atoms with Crippen LogP contribution >= 0.6 is 0 Å². The fraction of sp³-hybridized carbons (Fsp3) is 0.381. The van der Waals surface area contributed by atoms with E-state index in [1.54, 1.807) is 12.1 Å². The molecule has 0 bridgehead atoms. The molecule has 1 saturated heterocycles. The fourth-order valence-corrected chi connectivity index (χ4v) is 3.72. The number of carboxylic acid groups (broad SMARTS) is 1. The number of piperidine rings is 1. The summed E-state index contributed by atoms with van der Waals surface area (Å²) in [4.78, 5) is 13.9. The third-order valence-corrected chi connectivity index (χ3v) is 4.86. The van der Waals surface area contributed by atoms with Gasteiger partial charge in [-0.1, -0.05) is 36.8 Å². The highest BCUT2D eigenvalue weighted by Crippen LogP contribution is 2.38. The summed E-state index contributed by atoms with van der Waals surface area (Å²) in [6.07, 6.45) is 2.46. The molecule has 3 rings (SSSR count). The summed E-state index contributed by atoms with van der Waals surface area (Å²) in [6, 6.07) is 13.1. The van der Waals surface area contributed by atoms with Crippen LogP contribution in [-0.2, 0) is 4.79 Å². The number of benzene rings is 2. The van der Waals surface area contributed by atoms with Crippen molar-refractivity contribution in [3.63, 3.8) is 0 Å². The second kappa shape index (κ2) is 8.32. The first-order chi connectivity index (χ1) is 12.6. The van der Waals surface area contributed by atoms with Gasteiger partial charge >= 0.3 is 5.97 Å². The molecule has 1 aliphatic heterocycles. The zero-order chi connectivity index (χ0) is 18.5. The first-order valence-corrected chi connectivity index (χ1v) is 9.07. The van der Waals surface area contributed by atoms with E-state index in [2.05, 4.69) is 0 Å². The molecule has 2 unspecified atom stereocenters. The van der Waals surface area contributed by atoms with Crippen molar-refractivity contribution in [3.05, 3.63) is 65.5 Å². The van der Waals surface area contributed by atoms with Gasteiger partial charge in [0.1, 0.15) is 17.6 Å². The average molecular weight is 357 g/mol. The van der Waals surface area contributed by atoms with Gasteiger partial charge in [-0.3, -0.25) is 9.69 Å². The molecule has 4 nitrogen and oxygen atoms in total. The van der Waals surface area contributed by atoms with E-state index < -0.39 is 12.0 Å². The van der Waals surface area contributed by atoms with Crippen LogP contribution < -0.4 is 4.74 Å². The summed E-state index contributed by atoms with van der Waals surface area (Å²) in [7, 11) is 0. The number of hydrogen-bond acceptors (Lipinski definition) is 3. The highest BCUT2D eigenvalue weighted by molar-refractivity contribution is 5.73. The summed E-state index contributed by atoms with van der Waals surface area (Å²) in [5.74, 6) is -0.385. The van der Waals surface area contributed by atoms with Crippen LogP contribution in [0.5, 0.6) is 5.75 Å². The van der Waals surface area contributed by atoms with Crippen LogP contribution in [0, 0.1) is 5.82 Å². The SMILES string of the molecule is CCOc1ccccc1C(c1ccc(F)cc1)N1CCCCC1C(=O)O. The fourth-order valence-electron chi connectivity index (χ4n) is 3.72. The first-order valence-electron chi connectivity index (χ1n) is 9.07. The zero-order valence-corrected chi connectivity index (χ0v) is 14.9. The van der Waals surface area contributed by atoms with Crippen LogP contribution in [0.1, 0.15) is 43.4 Å². The van der Waals surface area contributed by atoms with Crippen molar-refractivity contribution < 1.29 is 19.0 Å². The Morgan fingerprint density at radius 2 is 1.96 bits per heavy atom. The summed E-state index contributed by atoms with van der Waals surface area (Å²) in [6.45, 7) is 3.12. The minimum atomic E-state index is -0.814. The van der Waals surface area contributed by atoms with Crippen molar-refractivity contribution in [3.8, 4) is 5.75 Å². The maximum atomic E-state index is 13.5. The minimum Gasteiger partial charge on any atom is -0.494 e. The van der Waals surface area contributed by atoms with Crippen LogP contribution in [0.25, 0.3) is 0 Å². The van der Waals surface area contributed by atoms with Crippen LogP contribution in [0.3, 0.4) is 0 Å². The second-order valence-electron chi connectivity index (χ2n) is 6.51. The monoisotopic (exact) mass is 357 g/mol. The van der Waals surface area contributed by atoms with Crippen molar-refractivity contribution in [2.24, 2.45) is 0 Å². The number of halogens is 1. The van der Waals surface area contributed by atoms with Gasteiger partial charge in [0.05, 0.1) is 12.6 Å². The Kier molecular flexibility index (Phi) is 5.89. The molecule has 0 aliphatic carbocycles. The predicted octanol–water partition coefficient (Wildman–Crippen LogP) is 4.25. The number of carboxylic acids is 1. The molecule has 1 fully saturated rings. The van der Waals surface area contributed by atoms with Crippen molar-refractivity contribution in [1.82, 2.24) is 4.90 Å². The molecule has 0 radical (unpaired) electrons. The topological polar surface area (TPSA) is 49.8 Å². The molecule has 2 aromatic rings. The normalized spacial score (nSPS) is 19.1. The van der Waals surface area contributed by atoms with Crippen molar-refractivity contribution in [1.29, 1.82) is 0 Å². The van der Waals surface area contributed by atoms with Gasteiger partial charge in [0, 0.05) is 5.56 Å². The highest BCUT2D eigenvalue weighted by atomic mass is 19.1. The van der Waals surface area contributed by atoms with E-state index in [0.29, 0.717) is 19.6 Å². The molecular weight excluding hydrogens is 333 g/mol. The summed E-state index contributed by atoms with van der Waals surface area (Å²) in [5, 5.41) is 9.74. The van der Waals surface area contributed by atoms with E-state index in [9.17, 15) is 14.3 Å². The van der Waals surface area contributed by atoms with Gasteiger partial charge in [0.2, 0.25) is 0 Å². The maximum absolute atomic E-state index is 13.5. The van der Waals surface area contributed by atoms with Crippen LogP contribution in [-0.4, -0.2) is 35.2 Å². The van der Waals surface area contributed by atoms with Gasteiger partial charge in [-0.15, -0.1) is 0 Å². The molecule has 26 heavy (non-hydrogen) atoms. The van der Waals surface area contributed by atoms with Crippen LogP contribution in [0.2, 0.25) is 0 Å². The number of para-hydroxylation sites is 1. The Balaban J connectivity index is 2.10. The highest BCUT2D eigenvalue weighted by Gasteiger charge is 2.36. The molecule has 1 aliphatic rings. The molecule has 0 saturated carbocycles. The Labute approximate surface area is 153 Å². The van der Waals surface area contributed by atoms with Gasteiger partial charge in [0.15, 0.2) is 0 Å². The molecule has 138 valence electrons. The number of nitrogens with zero attached hydrogens (tertiary/aromatic N) is 1. The quantitative estimate of drug-likeness (QED) is 0.839. The lowest BCUT2D eigenvalue weighted by atomic mass is 9.91. The summed E-state index contributed by atoms with van der Waals surface area (Å²) < 4.78 is 19.3. The molecule has 1 N–H and O–H groups in total. The molecule has 5 heteroatoms. The van der Waals surface area contributed by atoms with E-state index in [1.165, 1.54) is 12.1 Å². The maximum Gasteiger partial charge on any atom is 0.320 e. The van der Waals surface area contributed by atoms with E-state index >= 15 is 0 Å². The largest absolute Gasteiger partial charge is 0.494 e. The van der Waals surface area contributed by atoms with Crippen molar-refractivity contribution in [2.75, 3.05) is 13.2 Å². The van der Waals surface area contributed by atoms with E-state index in [-0.39, 0.29) is 11.9 Å². The van der Waals surface area contributed by atoms with Gasteiger partial charge in [-0.25, -0.2) is 4.39 Å². The third kappa shape index (κ3) is 3.88. The number of rotatable bonds is 6. The molecular formula is C21H24FNO3. The van der Waals surface area contributed by atoms with Gasteiger partial charge < -0.3 is 9.84 Å². The molecule has 0 amide bonds. The smallest absolute Gasteiger partial charge is 0.320 e. The third-order valence-electron chi connectivity index (χ3n) is 4.86. The lowest BCUT2D eigenvalue weighted by molar-refractivity contribution is -0.145. The Bertz CT molecular complexity index is 747. The molecule has 0 spiro atoms. The lowest BCUT2D eigenvalue weighted by Gasteiger charge is -2.40.